The van der Waals surface area contributed by atoms with Crippen molar-refractivity contribution in [2.24, 2.45) is 0 Å². The summed E-state index contributed by atoms with van der Waals surface area (Å²) in [7, 11) is 0. The molecule has 0 fully saturated rings. The van der Waals surface area contributed by atoms with E-state index in [9.17, 15) is 0 Å². The van der Waals surface area contributed by atoms with Gasteiger partial charge in [-0.2, -0.15) is 0 Å². The largest absolute Gasteiger partial charge is 0.309 e. The molecule has 4 heteroatoms. The van der Waals surface area contributed by atoms with Crippen LogP contribution in [0.5, 0.6) is 0 Å². The van der Waals surface area contributed by atoms with Gasteiger partial charge < -0.3 is 4.57 Å². The minimum Gasteiger partial charge on any atom is -0.309 e. The lowest BCUT2D eigenvalue weighted by Crippen LogP contribution is -2.02. The van der Waals surface area contributed by atoms with Gasteiger partial charge in [0.15, 0.2) is 11.6 Å². The van der Waals surface area contributed by atoms with E-state index in [-0.39, 0.29) is 0 Å². The summed E-state index contributed by atoms with van der Waals surface area (Å²) in [6.45, 7) is 4.26. The summed E-state index contributed by atoms with van der Waals surface area (Å²) in [5.74, 6) is 1.68. The molecule has 0 amide bonds. The van der Waals surface area contributed by atoms with Gasteiger partial charge in [-0.05, 0) is 73.5 Å². The van der Waals surface area contributed by atoms with Crippen LogP contribution in [0.4, 0.5) is 0 Å². The van der Waals surface area contributed by atoms with Gasteiger partial charge in [0.25, 0.3) is 0 Å². The van der Waals surface area contributed by atoms with Crippen molar-refractivity contribution in [2.75, 3.05) is 0 Å². The van der Waals surface area contributed by atoms with Gasteiger partial charge in [-0.3, -0.25) is 4.57 Å². The molecule has 0 radical (unpaired) electrons. The SMILES string of the molecule is Cc1cccc(C)c1-c1nnc(-c2ccc(-n3c4ccccc4c4ccccc43)cc2)n1-c1ccccc1. The van der Waals surface area contributed by atoms with Gasteiger partial charge in [-0.15, -0.1) is 10.2 Å². The molecule has 0 atom stereocenters. The maximum Gasteiger partial charge on any atom is 0.169 e. The number of aryl methyl sites for hydroxylation is 2. The normalized spacial score (nSPS) is 11.4. The van der Waals surface area contributed by atoms with Crippen LogP contribution in [0, 0.1) is 13.8 Å². The number of aromatic nitrogens is 4. The lowest BCUT2D eigenvalue weighted by Gasteiger charge is -2.14. The fraction of sp³-hybridized carbons (Fsp3) is 0.0588. The molecule has 0 unspecified atom stereocenters. The second-order valence-electron chi connectivity index (χ2n) is 9.70. The molecule has 0 aliphatic heterocycles. The zero-order chi connectivity index (χ0) is 25.6. The maximum atomic E-state index is 4.72. The zero-order valence-electron chi connectivity index (χ0n) is 21.3. The van der Waals surface area contributed by atoms with Gasteiger partial charge in [0.2, 0.25) is 0 Å². The number of hydrogen-bond acceptors (Lipinski definition) is 2. The Bertz CT molecular complexity index is 1850. The molecule has 0 spiro atoms. The van der Waals surface area contributed by atoms with E-state index in [4.69, 9.17) is 10.2 Å². The number of para-hydroxylation sites is 3. The molecule has 7 aromatic rings. The molecule has 0 aliphatic carbocycles. The first-order valence-electron chi connectivity index (χ1n) is 12.9. The average Bonchev–Trinajstić information content (AvgIpc) is 3.54. The first kappa shape index (κ1) is 22.3. The standard InChI is InChI=1S/C34H26N4/c1-23-11-10-12-24(2)32(23)34-36-35-33(38(34)26-13-4-3-5-14-26)25-19-21-27(22-20-25)37-30-17-8-6-15-28(30)29-16-7-9-18-31(29)37/h3-22H,1-2H3. The third-order valence-corrected chi connectivity index (χ3v) is 7.35. The van der Waals surface area contributed by atoms with Crippen molar-refractivity contribution in [1.82, 2.24) is 19.3 Å². The minimum atomic E-state index is 0.822. The Hall–Kier alpha value is -4.96. The van der Waals surface area contributed by atoms with Crippen LogP contribution in [0.1, 0.15) is 11.1 Å². The van der Waals surface area contributed by atoms with Crippen molar-refractivity contribution < 1.29 is 0 Å². The Labute approximate surface area is 221 Å². The Balaban J connectivity index is 1.40. The quantitative estimate of drug-likeness (QED) is 0.249. The van der Waals surface area contributed by atoms with Crippen molar-refractivity contribution >= 4 is 21.8 Å². The van der Waals surface area contributed by atoms with Crippen LogP contribution in [0.25, 0.3) is 56.0 Å². The number of fused-ring (bicyclic) bond motifs is 3. The van der Waals surface area contributed by atoms with E-state index in [0.717, 1.165) is 34.2 Å². The smallest absolute Gasteiger partial charge is 0.169 e. The number of nitrogens with zero attached hydrogens (tertiary/aromatic N) is 4. The van der Waals surface area contributed by atoms with Crippen molar-refractivity contribution in [2.45, 2.75) is 13.8 Å². The maximum absolute atomic E-state index is 4.72. The fourth-order valence-corrected chi connectivity index (χ4v) is 5.58. The molecule has 5 aromatic carbocycles. The summed E-state index contributed by atoms with van der Waals surface area (Å²) in [6.07, 6.45) is 0. The Morgan fingerprint density at radius 3 is 1.61 bits per heavy atom. The molecule has 4 nitrogen and oxygen atoms in total. The van der Waals surface area contributed by atoms with Gasteiger partial charge in [0.05, 0.1) is 11.0 Å². The van der Waals surface area contributed by atoms with Gasteiger partial charge in [0.1, 0.15) is 0 Å². The monoisotopic (exact) mass is 490 g/mol. The predicted octanol–water partition coefficient (Wildman–Crippen LogP) is 8.32. The fourth-order valence-electron chi connectivity index (χ4n) is 5.58. The second kappa shape index (κ2) is 8.86. The summed E-state index contributed by atoms with van der Waals surface area (Å²) >= 11 is 0. The van der Waals surface area contributed by atoms with Crippen LogP contribution in [0.15, 0.2) is 121 Å². The van der Waals surface area contributed by atoms with Crippen molar-refractivity contribution in [3.8, 4) is 34.2 Å². The molecule has 0 N–H and O–H groups in total. The van der Waals surface area contributed by atoms with E-state index in [1.54, 1.807) is 0 Å². The van der Waals surface area contributed by atoms with Crippen LogP contribution in [0.3, 0.4) is 0 Å². The summed E-state index contributed by atoms with van der Waals surface area (Å²) in [4.78, 5) is 0. The van der Waals surface area contributed by atoms with E-state index in [1.165, 1.54) is 32.9 Å². The van der Waals surface area contributed by atoms with Crippen molar-refractivity contribution in [1.29, 1.82) is 0 Å². The molecule has 0 aliphatic rings. The van der Waals surface area contributed by atoms with E-state index < -0.39 is 0 Å². The third-order valence-electron chi connectivity index (χ3n) is 7.35. The molecule has 38 heavy (non-hydrogen) atoms. The molecule has 0 saturated heterocycles. The molecule has 0 bridgehead atoms. The summed E-state index contributed by atoms with van der Waals surface area (Å²) in [6, 6.07) is 42.5. The van der Waals surface area contributed by atoms with Gasteiger partial charge in [-0.1, -0.05) is 72.8 Å². The van der Waals surface area contributed by atoms with Gasteiger partial charge in [-0.25, -0.2) is 0 Å². The third kappa shape index (κ3) is 3.46. The van der Waals surface area contributed by atoms with Crippen LogP contribution in [0.2, 0.25) is 0 Å². The topological polar surface area (TPSA) is 35.6 Å². The van der Waals surface area contributed by atoms with Gasteiger partial charge >= 0.3 is 0 Å². The summed E-state index contributed by atoms with van der Waals surface area (Å²) in [5.41, 5.74) is 9.06. The van der Waals surface area contributed by atoms with E-state index in [1.807, 2.05) is 6.07 Å². The highest BCUT2D eigenvalue weighted by Crippen LogP contribution is 2.34. The first-order valence-corrected chi connectivity index (χ1v) is 12.9. The van der Waals surface area contributed by atoms with Crippen LogP contribution < -0.4 is 0 Å². The highest BCUT2D eigenvalue weighted by atomic mass is 15.3. The highest BCUT2D eigenvalue weighted by molar-refractivity contribution is 6.09. The predicted molar refractivity (Wildman–Crippen MR) is 156 cm³/mol. The Kier molecular flexibility index (Phi) is 5.19. The van der Waals surface area contributed by atoms with E-state index in [2.05, 4.69) is 138 Å². The summed E-state index contributed by atoms with van der Waals surface area (Å²) in [5, 5.41) is 12.0. The molecule has 2 aromatic heterocycles. The second-order valence-corrected chi connectivity index (χ2v) is 9.70. The average molecular weight is 491 g/mol. The van der Waals surface area contributed by atoms with Crippen molar-refractivity contribution in [3.63, 3.8) is 0 Å². The number of benzene rings is 5. The zero-order valence-corrected chi connectivity index (χ0v) is 21.3. The molecule has 2 heterocycles. The first-order chi connectivity index (χ1) is 18.7. The Morgan fingerprint density at radius 2 is 0.974 bits per heavy atom. The highest BCUT2D eigenvalue weighted by Gasteiger charge is 2.20. The lowest BCUT2D eigenvalue weighted by atomic mass is 10.0. The van der Waals surface area contributed by atoms with Crippen LogP contribution >= 0.6 is 0 Å². The van der Waals surface area contributed by atoms with Crippen LogP contribution in [-0.2, 0) is 0 Å². The van der Waals surface area contributed by atoms with Crippen molar-refractivity contribution in [3.05, 3.63) is 132 Å². The molecule has 7 rings (SSSR count). The molecule has 182 valence electrons. The molecular formula is C34H26N4. The summed E-state index contributed by atoms with van der Waals surface area (Å²) < 4.78 is 4.50. The molecular weight excluding hydrogens is 464 g/mol. The Morgan fingerprint density at radius 1 is 0.447 bits per heavy atom. The number of hydrogen-bond donors (Lipinski definition) is 0. The van der Waals surface area contributed by atoms with Crippen LogP contribution in [-0.4, -0.2) is 19.3 Å². The van der Waals surface area contributed by atoms with Gasteiger partial charge in [0, 0.05) is 33.3 Å². The van der Waals surface area contributed by atoms with E-state index >= 15 is 0 Å². The number of rotatable bonds is 4. The minimum absolute atomic E-state index is 0.822. The lowest BCUT2D eigenvalue weighted by molar-refractivity contribution is 1.06. The van der Waals surface area contributed by atoms with E-state index in [0.29, 0.717) is 0 Å². The molecule has 0 saturated carbocycles.